The molecule has 0 aromatic carbocycles. The Morgan fingerprint density at radius 2 is 2.23 bits per heavy atom. The van der Waals surface area contributed by atoms with Crippen molar-refractivity contribution < 1.29 is 13.9 Å². The molecule has 0 spiro atoms. The average Bonchev–Trinajstić information content (AvgIpc) is 2.13. The number of rotatable bonds is 6. The summed E-state index contributed by atoms with van der Waals surface area (Å²) in [6.07, 6.45) is 1.97. The lowest BCUT2D eigenvalue weighted by atomic mass is 10.1. The molecule has 0 aliphatic rings. The van der Waals surface area contributed by atoms with Crippen molar-refractivity contribution in [1.29, 1.82) is 0 Å². The number of alkyl halides is 2. The van der Waals surface area contributed by atoms with E-state index in [9.17, 15) is 9.18 Å². The second-order valence-corrected chi connectivity index (χ2v) is 4.73. The molecule has 0 aliphatic heterocycles. The van der Waals surface area contributed by atoms with Gasteiger partial charge in [-0.25, -0.2) is 9.18 Å². The number of ether oxygens (including phenoxy) is 1. The molecule has 0 rings (SSSR count). The van der Waals surface area contributed by atoms with E-state index in [-0.39, 0.29) is 10.3 Å². The monoisotopic (exact) mass is 302 g/mol. The van der Waals surface area contributed by atoms with Crippen LogP contribution in [0.25, 0.3) is 0 Å². The molecule has 2 unspecified atom stereocenters. The van der Waals surface area contributed by atoms with Crippen molar-refractivity contribution in [2.75, 3.05) is 7.11 Å². The van der Waals surface area contributed by atoms with Gasteiger partial charge in [-0.05, 0) is 6.42 Å². The Morgan fingerprint density at radius 3 is 2.69 bits per heavy atom. The first kappa shape index (κ1) is 13.1. The van der Waals surface area contributed by atoms with Crippen molar-refractivity contribution in [3.05, 3.63) is 0 Å². The maximum atomic E-state index is 13.0. The Morgan fingerprint density at radius 1 is 1.62 bits per heavy atom. The summed E-state index contributed by atoms with van der Waals surface area (Å²) in [5.74, 6) is -0.752. The zero-order chi connectivity index (χ0) is 10.3. The van der Waals surface area contributed by atoms with Crippen LogP contribution in [-0.4, -0.2) is 23.2 Å². The van der Waals surface area contributed by atoms with Crippen LogP contribution < -0.4 is 0 Å². The summed E-state index contributed by atoms with van der Waals surface area (Å²) in [5.41, 5.74) is 0. The second-order valence-electron chi connectivity index (χ2n) is 2.97. The summed E-state index contributed by atoms with van der Waals surface area (Å²) >= 11 is 2.18. The number of carbonyl (C=O) groups excluding carboxylic acids is 1. The van der Waals surface area contributed by atoms with Gasteiger partial charge in [-0.1, -0.05) is 42.4 Å². The summed E-state index contributed by atoms with van der Waals surface area (Å²) in [6.45, 7) is 2.09. The van der Waals surface area contributed by atoms with E-state index in [1.807, 2.05) is 0 Å². The number of hydrogen-bond donors (Lipinski definition) is 0. The molecule has 2 nitrogen and oxygen atoms in total. The Labute approximate surface area is 92.4 Å². The Balaban J connectivity index is 3.64. The van der Waals surface area contributed by atoms with Crippen molar-refractivity contribution in [1.82, 2.24) is 0 Å². The number of hydrogen-bond acceptors (Lipinski definition) is 2. The topological polar surface area (TPSA) is 26.3 Å². The lowest BCUT2D eigenvalue weighted by Crippen LogP contribution is -2.20. The normalized spacial score (nSPS) is 15.1. The van der Waals surface area contributed by atoms with Gasteiger partial charge in [0.2, 0.25) is 0 Å². The molecule has 0 heterocycles. The highest BCUT2D eigenvalue weighted by molar-refractivity contribution is 14.1. The molecule has 78 valence electrons. The van der Waals surface area contributed by atoms with E-state index < -0.39 is 12.1 Å². The van der Waals surface area contributed by atoms with Gasteiger partial charge < -0.3 is 4.74 Å². The minimum atomic E-state index is -1.45. The fourth-order valence-electron chi connectivity index (χ4n) is 0.992. The summed E-state index contributed by atoms with van der Waals surface area (Å²) in [5, 5.41) is 0. The molecule has 0 amide bonds. The molecular formula is C9H16FIO2. The van der Waals surface area contributed by atoms with E-state index in [2.05, 4.69) is 34.3 Å². The van der Waals surface area contributed by atoms with Crippen LogP contribution >= 0.6 is 22.6 Å². The first-order chi connectivity index (χ1) is 6.11. The molecule has 0 aromatic rings. The fraction of sp³-hybridized carbons (Fsp3) is 0.889. The molecule has 0 saturated carbocycles. The standard InChI is InChI=1S/C9H16FIO2/c1-3-4-5-7(11)6-8(10)9(12)13-2/h7-8H,3-6H2,1-2H3. The quantitative estimate of drug-likeness (QED) is 0.428. The van der Waals surface area contributed by atoms with Gasteiger partial charge >= 0.3 is 5.97 Å². The van der Waals surface area contributed by atoms with Gasteiger partial charge in [0.25, 0.3) is 0 Å². The van der Waals surface area contributed by atoms with Gasteiger partial charge in [0, 0.05) is 10.3 Å². The summed E-state index contributed by atoms with van der Waals surface area (Å²) < 4.78 is 17.5. The van der Waals surface area contributed by atoms with E-state index >= 15 is 0 Å². The van der Waals surface area contributed by atoms with E-state index in [0.29, 0.717) is 0 Å². The van der Waals surface area contributed by atoms with Crippen LogP contribution in [0.4, 0.5) is 4.39 Å². The third-order valence-corrected chi connectivity index (χ3v) is 2.92. The maximum absolute atomic E-state index is 13.0. The number of esters is 1. The van der Waals surface area contributed by atoms with Gasteiger partial charge in [0.15, 0.2) is 6.17 Å². The molecule has 2 atom stereocenters. The van der Waals surface area contributed by atoms with E-state index in [4.69, 9.17) is 0 Å². The Kier molecular flexibility index (Phi) is 7.60. The van der Waals surface area contributed by atoms with E-state index in [1.165, 1.54) is 7.11 Å². The highest BCUT2D eigenvalue weighted by Gasteiger charge is 2.21. The molecular weight excluding hydrogens is 286 g/mol. The molecule has 0 saturated heterocycles. The lowest BCUT2D eigenvalue weighted by Gasteiger charge is -2.10. The fourth-order valence-corrected chi connectivity index (χ4v) is 1.88. The minimum absolute atomic E-state index is 0.228. The van der Waals surface area contributed by atoms with Gasteiger partial charge in [-0.3, -0.25) is 0 Å². The molecule has 0 radical (unpaired) electrons. The van der Waals surface area contributed by atoms with E-state index in [0.717, 1.165) is 19.3 Å². The van der Waals surface area contributed by atoms with Crippen LogP contribution in [-0.2, 0) is 9.53 Å². The van der Waals surface area contributed by atoms with Crippen LogP contribution in [0, 0.1) is 0 Å². The van der Waals surface area contributed by atoms with Crippen molar-refractivity contribution in [3.8, 4) is 0 Å². The molecule has 13 heavy (non-hydrogen) atoms. The smallest absolute Gasteiger partial charge is 0.340 e. The first-order valence-corrected chi connectivity index (χ1v) is 5.72. The Bertz CT molecular complexity index is 153. The van der Waals surface area contributed by atoms with Gasteiger partial charge in [0.05, 0.1) is 7.11 Å². The maximum Gasteiger partial charge on any atom is 0.340 e. The second kappa shape index (κ2) is 7.53. The zero-order valence-electron chi connectivity index (χ0n) is 8.06. The van der Waals surface area contributed by atoms with Gasteiger partial charge in [-0.2, -0.15) is 0 Å². The molecule has 4 heteroatoms. The predicted octanol–water partition coefficient (Wildman–Crippen LogP) is 2.88. The van der Waals surface area contributed by atoms with Crippen molar-refractivity contribution in [3.63, 3.8) is 0 Å². The van der Waals surface area contributed by atoms with Crippen molar-refractivity contribution in [2.45, 2.75) is 42.7 Å². The zero-order valence-corrected chi connectivity index (χ0v) is 10.2. The summed E-state index contributed by atoms with van der Waals surface area (Å²) in [7, 11) is 1.21. The number of carbonyl (C=O) groups is 1. The predicted molar refractivity (Wildman–Crippen MR) is 58.9 cm³/mol. The molecule has 0 aromatic heterocycles. The van der Waals surface area contributed by atoms with E-state index in [1.54, 1.807) is 0 Å². The van der Waals surface area contributed by atoms with Crippen molar-refractivity contribution in [2.24, 2.45) is 0 Å². The van der Waals surface area contributed by atoms with Gasteiger partial charge in [0.1, 0.15) is 0 Å². The molecule has 0 fully saturated rings. The molecule has 0 bridgehead atoms. The SMILES string of the molecule is CCCCC(I)CC(F)C(=O)OC. The van der Waals surface area contributed by atoms with Crippen LogP contribution in [0.3, 0.4) is 0 Å². The highest BCUT2D eigenvalue weighted by Crippen LogP contribution is 2.18. The van der Waals surface area contributed by atoms with Crippen LogP contribution in [0.5, 0.6) is 0 Å². The van der Waals surface area contributed by atoms with Gasteiger partial charge in [-0.15, -0.1) is 0 Å². The largest absolute Gasteiger partial charge is 0.467 e. The lowest BCUT2D eigenvalue weighted by molar-refractivity contribution is -0.146. The molecule has 0 aliphatic carbocycles. The van der Waals surface area contributed by atoms with Crippen LogP contribution in [0.2, 0.25) is 0 Å². The number of unbranched alkanes of at least 4 members (excludes halogenated alkanes) is 1. The van der Waals surface area contributed by atoms with Crippen LogP contribution in [0.15, 0.2) is 0 Å². The van der Waals surface area contributed by atoms with Crippen LogP contribution in [0.1, 0.15) is 32.6 Å². The molecule has 0 N–H and O–H groups in total. The third kappa shape index (κ3) is 6.23. The summed E-state index contributed by atoms with van der Waals surface area (Å²) in [4.78, 5) is 10.7. The number of halogens is 2. The third-order valence-electron chi connectivity index (χ3n) is 1.79. The van der Waals surface area contributed by atoms with Crippen molar-refractivity contribution >= 4 is 28.6 Å². The Hall–Kier alpha value is 0.130. The minimum Gasteiger partial charge on any atom is -0.467 e. The summed E-state index contributed by atoms with van der Waals surface area (Å²) in [6, 6.07) is 0. The average molecular weight is 302 g/mol. The highest BCUT2D eigenvalue weighted by atomic mass is 127. The number of methoxy groups -OCH3 is 1. The first-order valence-electron chi connectivity index (χ1n) is 4.47.